The zero-order valence-electron chi connectivity index (χ0n) is 16.0. The van der Waals surface area contributed by atoms with Crippen LogP contribution in [-0.2, 0) is 9.53 Å². The van der Waals surface area contributed by atoms with Crippen molar-refractivity contribution in [3.8, 4) is 11.5 Å². The van der Waals surface area contributed by atoms with E-state index >= 15 is 0 Å². The molecule has 0 spiro atoms. The van der Waals surface area contributed by atoms with Gasteiger partial charge in [-0.15, -0.1) is 0 Å². The predicted octanol–water partition coefficient (Wildman–Crippen LogP) is 5.90. The Morgan fingerprint density at radius 2 is 1.97 bits per heavy atom. The Morgan fingerprint density at radius 1 is 1.20 bits per heavy atom. The van der Waals surface area contributed by atoms with Crippen molar-refractivity contribution >= 4 is 57.7 Å². The molecule has 0 bridgehead atoms. The summed E-state index contributed by atoms with van der Waals surface area (Å²) in [5, 5.41) is 21.7. The third kappa shape index (κ3) is 4.75. The van der Waals surface area contributed by atoms with E-state index in [9.17, 15) is 15.0 Å². The summed E-state index contributed by atoms with van der Waals surface area (Å²) in [6.45, 7) is 1.81. The normalized spacial score (nSPS) is 16.4. The van der Waals surface area contributed by atoms with Crippen LogP contribution in [0.2, 0.25) is 10.0 Å². The highest BCUT2D eigenvalue weighted by Gasteiger charge is 2.33. The zero-order valence-corrected chi connectivity index (χ0v) is 18.3. The SMILES string of the molecule is CCOC(=O)C1=C(O)/C(=C/c2ccc(OC)c(O)c2)SC1=Nc1ccc(Cl)cc1Cl. The lowest BCUT2D eigenvalue weighted by molar-refractivity contribution is -0.138. The molecule has 30 heavy (non-hydrogen) atoms. The molecular weight excluding hydrogens is 449 g/mol. The number of aromatic hydroxyl groups is 1. The Hall–Kier alpha value is -2.61. The fourth-order valence-electron chi connectivity index (χ4n) is 2.62. The second-order valence-electron chi connectivity index (χ2n) is 6.00. The second-order valence-corrected chi connectivity index (χ2v) is 7.87. The monoisotopic (exact) mass is 465 g/mol. The molecule has 2 aromatic carbocycles. The van der Waals surface area contributed by atoms with Crippen LogP contribution in [-0.4, -0.2) is 34.9 Å². The number of halogens is 2. The number of carbonyl (C=O) groups excluding carboxylic acids is 1. The molecule has 0 unspecified atom stereocenters. The maximum absolute atomic E-state index is 12.5. The minimum atomic E-state index is -0.702. The number of ether oxygens (including phenoxy) is 2. The molecule has 0 fully saturated rings. The Bertz CT molecular complexity index is 1090. The number of rotatable bonds is 5. The predicted molar refractivity (Wildman–Crippen MR) is 120 cm³/mol. The maximum atomic E-state index is 12.5. The molecule has 0 saturated carbocycles. The number of hydrogen-bond donors (Lipinski definition) is 2. The summed E-state index contributed by atoms with van der Waals surface area (Å²) in [6, 6.07) is 9.55. The molecule has 9 heteroatoms. The Balaban J connectivity index is 2.06. The van der Waals surface area contributed by atoms with Crippen molar-refractivity contribution in [2.45, 2.75) is 6.92 Å². The topological polar surface area (TPSA) is 88.4 Å². The number of aliphatic hydroxyl groups is 1. The van der Waals surface area contributed by atoms with Gasteiger partial charge < -0.3 is 19.7 Å². The van der Waals surface area contributed by atoms with Crippen LogP contribution < -0.4 is 4.74 Å². The molecule has 3 rings (SSSR count). The molecule has 0 atom stereocenters. The van der Waals surface area contributed by atoms with E-state index < -0.39 is 5.97 Å². The van der Waals surface area contributed by atoms with Gasteiger partial charge in [-0.1, -0.05) is 41.0 Å². The summed E-state index contributed by atoms with van der Waals surface area (Å²) in [7, 11) is 1.45. The van der Waals surface area contributed by atoms with E-state index in [1.165, 1.54) is 19.2 Å². The number of phenolic OH excluding ortho intramolecular Hbond substituents is 1. The molecule has 156 valence electrons. The molecule has 0 aromatic heterocycles. The van der Waals surface area contributed by atoms with Gasteiger partial charge in [-0.2, -0.15) is 0 Å². The Labute approximate surface area is 187 Å². The number of benzene rings is 2. The van der Waals surface area contributed by atoms with Gasteiger partial charge in [0.2, 0.25) is 0 Å². The first-order valence-electron chi connectivity index (χ1n) is 8.75. The van der Waals surface area contributed by atoms with Gasteiger partial charge in [-0.25, -0.2) is 9.79 Å². The smallest absolute Gasteiger partial charge is 0.344 e. The first kappa shape index (κ1) is 22.1. The van der Waals surface area contributed by atoms with Gasteiger partial charge in [0.05, 0.1) is 29.3 Å². The first-order valence-corrected chi connectivity index (χ1v) is 10.3. The third-order valence-corrected chi connectivity index (χ3v) is 5.56. The molecule has 2 N–H and O–H groups in total. The van der Waals surface area contributed by atoms with Crippen molar-refractivity contribution in [2.24, 2.45) is 4.99 Å². The summed E-state index contributed by atoms with van der Waals surface area (Å²) < 4.78 is 10.1. The molecule has 0 amide bonds. The lowest BCUT2D eigenvalue weighted by Crippen LogP contribution is -2.12. The summed E-state index contributed by atoms with van der Waals surface area (Å²) in [5.74, 6) is -0.696. The van der Waals surface area contributed by atoms with E-state index in [4.69, 9.17) is 32.7 Å². The largest absolute Gasteiger partial charge is 0.506 e. The van der Waals surface area contributed by atoms with E-state index in [1.807, 2.05) is 0 Å². The van der Waals surface area contributed by atoms with E-state index in [2.05, 4.69) is 4.99 Å². The number of phenols is 1. The number of aliphatic hydroxyl groups excluding tert-OH is 1. The van der Waals surface area contributed by atoms with Gasteiger partial charge in [-0.3, -0.25) is 0 Å². The van der Waals surface area contributed by atoms with Gasteiger partial charge in [0, 0.05) is 5.02 Å². The maximum Gasteiger partial charge on any atom is 0.344 e. The van der Waals surface area contributed by atoms with Crippen LogP contribution in [0.1, 0.15) is 12.5 Å². The van der Waals surface area contributed by atoms with Crippen molar-refractivity contribution in [1.29, 1.82) is 0 Å². The van der Waals surface area contributed by atoms with Gasteiger partial charge in [0.25, 0.3) is 0 Å². The standard InChI is InChI=1S/C21H17Cl2NO5S/c1-3-29-21(27)18-19(26)17(9-11-4-7-16(28-2)15(25)8-11)30-20(18)24-14-6-5-12(22)10-13(14)23/h4-10,25-26H,3H2,1-2H3/b17-9-,24-20?. The number of aliphatic imine (C=N–C) groups is 1. The van der Waals surface area contributed by atoms with E-state index in [-0.39, 0.29) is 28.7 Å². The second kappa shape index (κ2) is 9.47. The minimum Gasteiger partial charge on any atom is -0.506 e. The number of hydrogen-bond acceptors (Lipinski definition) is 7. The highest BCUT2D eigenvalue weighted by molar-refractivity contribution is 8.18. The van der Waals surface area contributed by atoms with Crippen molar-refractivity contribution in [3.63, 3.8) is 0 Å². The first-order chi connectivity index (χ1) is 14.3. The number of esters is 1. The average molecular weight is 466 g/mol. The Kier molecular flexibility index (Phi) is 6.97. The zero-order chi connectivity index (χ0) is 21.8. The van der Waals surface area contributed by atoms with Gasteiger partial charge in [0.1, 0.15) is 16.4 Å². The van der Waals surface area contributed by atoms with Crippen molar-refractivity contribution in [1.82, 2.24) is 0 Å². The van der Waals surface area contributed by atoms with Gasteiger partial charge in [-0.05, 0) is 48.9 Å². The van der Waals surface area contributed by atoms with E-state index in [0.717, 1.165) is 11.8 Å². The molecule has 2 aromatic rings. The summed E-state index contributed by atoms with van der Waals surface area (Å²) in [6.07, 6.45) is 1.62. The fourth-order valence-corrected chi connectivity index (χ4v) is 4.10. The molecule has 6 nitrogen and oxygen atoms in total. The molecule has 0 radical (unpaired) electrons. The number of nitrogens with zero attached hydrogens (tertiary/aromatic N) is 1. The van der Waals surface area contributed by atoms with E-state index in [1.54, 1.807) is 37.3 Å². The van der Waals surface area contributed by atoms with Crippen LogP contribution >= 0.6 is 35.0 Å². The molecule has 0 saturated heterocycles. The summed E-state index contributed by atoms with van der Waals surface area (Å²) >= 11 is 13.2. The highest BCUT2D eigenvalue weighted by Crippen LogP contribution is 2.41. The fraction of sp³-hybridized carbons (Fsp3) is 0.143. The number of thioether (sulfide) groups is 1. The number of carbonyl (C=O) groups is 1. The molecule has 0 aliphatic carbocycles. The van der Waals surface area contributed by atoms with Gasteiger partial charge in [0.15, 0.2) is 11.5 Å². The highest BCUT2D eigenvalue weighted by atomic mass is 35.5. The van der Waals surface area contributed by atoms with Crippen molar-refractivity contribution in [3.05, 3.63) is 68.2 Å². The average Bonchev–Trinajstić information content (AvgIpc) is 2.99. The summed E-state index contributed by atoms with van der Waals surface area (Å²) in [4.78, 5) is 17.3. The molecule has 1 heterocycles. The van der Waals surface area contributed by atoms with Crippen LogP contribution in [0.4, 0.5) is 5.69 Å². The van der Waals surface area contributed by atoms with Crippen molar-refractivity contribution in [2.75, 3.05) is 13.7 Å². The van der Waals surface area contributed by atoms with Crippen LogP contribution in [0.5, 0.6) is 11.5 Å². The third-order valence-electron chi connectivity index (χ3n) is 4.00. The number of methoxy groups -OCH3 is 1. The van der Waals surface area contributed by atoms with E-state index in [0.29, 0.717) is 32.0 Å². The minimum absolute atomic E-state index is 0.0502. The van der Waals surface area contributed by atoms with Crippen LogP contribution in [0, 0.1) is 0 Å². The van der Waals surface area contributed by atoms with Crippen LogP contribution in [0.3, 0.4) is 0 Å². The van der Waals surface area contributed by atoms with Crippen molar-refractivity contribution < 1.29 is 24.5 Å². The molecular formula is C21H17Cl2NO5S. The quantitative estimate of drug-likeness (QED) is 0.534. The lowest BCUT2D eigenvalue weighted by atomic mass is 10.1. The summed E-state index contributed by atoms with van der Waals surface area (Å²) in [5.41, 5.74) is 0.926. The van der Waals surface area contributed by atoms with Crippen LogP contribution in [0.15, 0.2) is 57.6 Å². The molecule has 1 aliphatic heterocycles. The lowest BCUT2D eigenvalue weighted by Gasteiger charge is -2.05. The van der Waals surface area contributed by atoms with Crippen LogP contribution in [0.25, 0.3) is 6.08 Å². The van der Waals surface area contributed by atoms with Gasteiger partial charge >= 0.3 is 5.97 Å². The Morgan fingerprint density at radius 3 is 2.60 bits per heavy atom. The molecule has 1 aliphatic rings.